The van der Waals surface area contributed by atoms with Gasteiger partial charge in [-0.2, -0.15) is 5.26 Å². The predicted molar refractivity (Wildman–Crippen MR) is 77.0 cm³/mol. The quantitative estimate of drug-likeness (QED) is 0.512. The molecule has 108 valence electrons. The van der Waals surface area contributed by atoms with Crippen molar-refractivity contribution in [3.63, 3.8) is 0 Å². The normalized spacial score (nSPS) is 10.0. The summed E-state index contributed by atoms with van der Waals surface area (Å²) in [6.07, 6.45) is 8.66. The molecular formula is C16H22N2O2. The summed E-state index contributed by atoms with van der Waals surface area (Å²) in [6.45, 7) is 0. The van der Waals surface area contributed by atoms with E-state index in [9.17, 15) is 4.79 Å². The second-order valence-corrected chi connectivity index (χ2v) is 4.76. The van der Waals surface area contributed by atoms with Gasteiger partial charge in [-0.05, 0) is 30.9 Å². The molecule has 0 unspecified atom stereocenters. The second kappa shape index (κ2) is 9.96. The van der Waals surface area contributed by atoms with Gasteiger partial charge in [-0.1, -0.05) is 18.9 Å². The lowest BCUT2D eigenvalue weighted by atomic mass is 10.0. The molecule has 0 bridgehead atoms. The van der Waals surface area contributed by atoms with Gasteiger partial charge in [-0.25, -0.2) is 0 Å². The van der Waals surface area contributed by atoms with E-state index in [0.717, 1.165) is 44.2 Å². The molecule has 1 aromatic rings. The van der Waals surface area contributed by atoms with Crippen LogP contribution in [0.1, 0.15) is 49.8 Å². The van der Waals surface area contributed by atoms with Gasteiger partial charge in [-0.15, -0.1) is 0 Å². The Morgan fingerprint density at radius 3 is 2.85 bits per heavy atom. The fourth-order valence-electron chi connectivity index (χ4n) is 2.14. The number of methoxy groups -OCH3 is 1. The van der Waals surface area contributed by atoms with Crippen molar-refractivity contribution in [2.45, 2.75) is 51.4 Å². The number of nitrogens with zero attached hydrogens (tertiary/aromatic N) is 2. The largest absolute Gasteiger partial charge is 0.469 e. The van der Waals surface area contributed by atoms with Gasteiger partial charge in [0.15, 0.2) is 0 Å². The maximum Gasteiger partial charge on any atom is 0.305 e. The summed E-state index contributed by atoms with van der Waals surface area (Å²) in [5.74, 6) is -0.129. The molecule has 1 heterocycles. The van der Waals surface area contributed by atoms with E-state index in [1.807, 2.05) is 6.07 Å². The molecule has 0 saturated carbocycles. The van der Waals surface area contributed by atoms with Crippen LogP contribution in [-0.4, -0.2) is 18.1 Å². The van der Waals surface area contributed by atoms with Crippen molar-refractivity contribution in [3.8, 4) is 6.07 Å². The standard InChI is InChI=1S/C16H22N2O2/c1-20-16(19)11-5-3-2-4-8-14-9-7-13-18-15(14)10-6-12-17/h7,9,13H,2-6,8,10-11H2,1H3. The number of unbranched alkanes of at least 4 members (excludes halogenated alkanes) is 3. The molecule has 0 N–H and O–H groups in total. The smallest absolute Gasteiger partial charge is 0.305 e. The lowest BCUT2D eigenvalue weighted by Gasteiger charge is -2.07. The maximum atomic E-state index is 11.0. The number of esters is 1. The molecule has 1 rings (SSSR count). The van der Waals surface area contributed by atoms with Crippen molar-refractivity contribution in [1.82, 2.24) is 4.98 Å². The zero-order valence-electron chi connectivity index (χ0n) is 12.1. The number of aromatic nitrogens is 1. The third-order valence-electron chi connectivity index (χ3n) is 3.26. The topological polar surface area (TPSA) is 63.0 Å². The highest BCUT2D eigenvalue weighted by Gasteiger charge is 2.04. The second-order valence-electron chi connectivity index (χ2n) is 4.76. The predicted octanol–water partition coefficient (Wildman–Crippen LogP) is 3.20. The summed E-state index contributed by atoms with van der Waals surface area (Å²) in [4.78, 5) is 15.3. The van der Waals surface area contributed by atoms with Crippen LogP contribution in [-0.2, 0) is 22.4 Å². The minimum atomic E-state index is -0.129. The van der Waals surface area contributed by atoms with Crippen molar-refractivity contribution in [2.24, 2.45) is 0 Å². The zero-order valence-corrected chi connectivity index (χ0v) is 12.1. The molecule has 0 fully saturated rings. The Morgan fingerprint density at radius 2 is 2.10 bits per heavy atom. The molecule has 0 saturated heterocycles. The highest BCUT2D eigenvalue weighted by molar-refractivity contribution is 5.68. The van der Waals surface area contributed by atoms with Crippen molar-refractivity contribution in [1.29, 1.82) is 5.26 Å². The summed E-state index contributed by atoms with van der Waals surface area (Å²) in [5.41, 5.74) is 2.29. The number of rotatable bonds is 9. The van der Waals surface area contributed by atoms with Gasteiger partial charge in [0.2, 0.25) is 0 Å². The van der Waals surface area contributed by atoms with Gasteiger partial charge in [0.25, 0.3) is 0 Å². The van der Waals surface area contributed by atoms with Crippen LogP contribution in [0.4, 0.5) is 0 Å². The van der Waals surface area contributed by atoms with Crippen LogP contribution in [0, 0.1) is 11.3 Å². The molecule has 0 aliphatic heterocycles. The molecule has 0 aliphatic carbocycles. The molecule has 0 amide bonds. The molecule has 0 radical (unpaired) electrons. The maximum absolute atomic E-state index is 11.0. The van der Waals surface area contributed by atoms with Crippen LogP contribution < -0.4 is 0 Å². The van der Waals surface area contributed by atoms with Gasteiger partial charge in [0.1, 0.15) is 0 Å². The fourth-order valence-corrected chi connectivity index (χ4v) is 2.14. The van der Waals surface area contributed by atoms with Crippen molar-refractivity contribution < 1.29 is 9.53 Å². The molecule has 0 aromatic carbocycles. The average molecular weight is 274 g/mol. The third kappa shape index (κ3) is 6.33. The van der Waals surface area contributed by atoms with Crippen LogP contribution in [0.3, 0.4) is 0 Å². The van der Waals surface area contributed by atoms with Gasteiger partial charge >= 0.3 is 5.97 Å². The van der Waals surface area contributed by atoms with E-state index < -0.39 is 0 Å². The van der Waals surface area contributed by atoms with Crippen LogP contribution in [0.5, 0.6) is 0 Å². The van der Waals surface area contributed by atoms with Crippen molar-refractivity contribution >= 4 is 5.97 Å². The van der Waals surface area contributed by atoms with Crippen LogP contribution >= 0.6 is 0 Å². The minimum absolute atomic E-state index is 0.129. The first kappa shape index (κ1) is 16.2. The van der Waals surface area contributed by atoms with E-state index in [1.165, 1.54) is 12.7 Å². The highest BCUT2D eigenvalue weighted by atomic mass is 16.5. The number of hydrogen-bond acceptors (Lipinski definition) is 4. The Kier molecular flexibility index (Phi) is 8.05. The SMILES string of the molecule is COC(=O)CCCCCCc1cccnc1CCC#N. The number of ether oxygens (including phenoxy) is 1. The molecule has 0 spiro atoms. The Bertz CT molecular complexity index is 452. The number of carbonyl (C=O) groups excluding carboxylic acids is 1. The Hall–Kier alpha value is -1.89. The molecule has 4 heteroatoms. The van der Waals surface area contributed by atoms with Crippen molar-refractivity contribution in [3.05, 3.63) is 29.6 Å². The molecule has 4 nitrogen and oxygen atoms in total. The fraction of sp³-hybridized carbons (Fsp3) is 0.562. The summed E-state index contributed by atoms with van der Waals surface area (Å²) in [5, 5.41) is 8.64. The summed E-state index contributed by atoms with van der Waals surface area (Å²) < 4.78 is 4.61. The summed E-state index contributed by atoms with van der Waals surface area (Å²) in [7, 11) is 1.42. The average Bonchev–Trinajstić information content (AvgIpc) is 2.49. The monoisotopic (exact) mass is 274 g/mol. The van der Waals surface area contributed by atoms with E-state index in [4.69, 9.17) is 5.26 Å². The Labute approximate surface area is 120 Å². The Balaban J connectivity index is 2.25. The lowest BCUT2D eigenvalue weighted by molar-refractivity contribution is -0.140. The number of carbonyl (C=O) groups is 1. The van der Waals surface area contributed by atoms with E-state index in [0.29, 0.717) is 12.8 Å². The van der Waals surface area contributed by atoms with E-state index in [1.54, 1.807) is 6.20 Å². The van der Waals surface area contributed by atoms with E-state index >= 15 is 0 Å². The first-order valence-electron chi connectivity index (χ1n) is 7.14. The van der Waals surface area contributed by atoms with Gasteiger partial charge in [0.05, 0.1) is 13.2 Å². The molecular weight excluding hydrogens is 252 g/mol. The number of pyridine rings is 1. The number of nitriles is 1. The highest BCUT2D eigenvalue weighted by Crippen LogP contribution is 2.13. The van der Waals surface area contributed by atoms with E-state index in [2.05, 4.69) is 21.9 Å². The molecule has 20 heavy (non-hydrogen) atoms. The van der Waals surface area contributed by atoms with Crippen LogP contribution in [0.2, 0.25) is 0 Å². The molecule has 0 aliphatic rings. The number of aryl methyl sites for hydroxylation is 2. The van der Waals surface area contributed by atoms with Gasteiger partial charge in [0, 0.05) is 31.2 Å². The Morgan fingerprint density at radius 1 is 1.30 bits per heavy atom. The van der Waals surface area contributed by atoms with Crippen LogP contribution in [0.15, 0.2) is 18.3 Å². The van der Waals surface area contributed by atoms with E-state index in [-0.39, 0.29) is 5.97 Å². The molecule has 1 aromatic heterocycles. The first-order chi connectivity index (χ1) is 9.77. The zero-order chi connectivity index (χ0) is 14.6. The van der Waals surface area contributed by atoms with Gasteiger partial charge in [-0.3, -0.25) is 9.78 Å². The first-order valence-corrected chi connectivity index (χ1v) is 7.14. The lowest BCUT2D eigenvalue weighted by Crippen LogP contribution is -2.00. The summed E-state index contributed by atoms with van der Waals surface area (Å²) >= 11 is 0. The van der Waals surface area contributed by atoms with Gasteiger partial charge < -0.3 is 4.74 Å². The minimum Gasteiger partial charge on any atom is -0.469 e. The van der Waals surface area contributed by atoms with Crippen molar-refractivity contribution in [2.75, 3.05) is 7.11 Å². The van der Waals surface area contributed by atoms with Crippen LogP contribution in [0.25, 0.3) is 0 Å². The number of hydrogen-bond donors (Lipinski definition) is 0. The molecule has 0 atom stereocenters. The third-order valence-corrected chi connectivity index (χ3v) is 3.26. The summed E-state index contributed by atoms with van der Waals surface area (Å²) in [6, 6.07) is 6.20.